The van der Waals surface area contributed by atoms with E-state index >= 15 is 0 Å². The van der Waals surface area contributed by atoms with Crippen molar-refractivity contribution in [1.29, 1.82) is 0 Å². The number of hydrogen-bond acceptors (Lipinski definition) is 3. The molecule has 0 atom stereocenters. The maximum absolute atomic E-state index is 4.46. The normalized spacial score (nSPS) is 11.0. The van der Waals surface area contributed by atoms with Crippen molar-refractivity contribution >= 4 is 26.7 Å². The molecule has 0 radical (unpaired) electrons. The molecule has 0 bridgehead atoms. The van der Waals surface area contributed by atoms with Gasteiger partial charge in [0.05, 0.1) is 10.2 Å². The van der Waals surface area contributed by atoms with Gasteiger partial charge in [-0.2, -0.15) is 0 Å². The summed E-state index contributed by atoms with van der Waals surface area (Å²) in [4.78, 5) is 4.46. The summed E-state index contributed by atoms with van der Waals surface area (Å²) in [6.45, 7) is 4.23. The Morgan fingerprint density at radius 2 is 2.15 bits per heavy atom. The fourth-order valence-corrected chi connectivity index (χ4v) is 2.19. The Hall–Kier alpha value is -1.09. The van der Waals surface area contributed by atoms with Gasteiger partial charge in [-0.25, -0.2) is 4.98 Å². The molecule has 0 fully saturated rings. The van der Waals surface area contributed by atoms with Crippen LogP contribution in [0, 0.1) is 0 Å². The molecule has 1 heterocycles. The van der Waals surface area contributed by atoms with Crippen LogP contribution in [0.4, 0.5) is 5.13 Å². The second-order valence-electron chi connectivity index (χ2n) is 3.29. The molecular weight excluding hydrogens is 180 g/mol. The maximum atomic E-state index is 4.46. The molecule has 13 heavy (non-hydrogen) atoms. The van der Waals surface area contributed by atoms with E-state index in [1.165, 1.54) is 4.70 Å². The van der Waals surface area contributed by atoms with E-state index in [1.54, 1.807) is 11.3 Å². The predicted molar refractivity (Wildman–Crippen MR) is 60.5 cm³/mol. The number of anilines is 1. The topological polar surface area (TPSA) is 24.9 Å². The standard InChI is InChI=1S/C10H12N2S.H2/c1-7(2)11-10-12-8-5-3-4-6-9(8)13-10;/h3-7H,1-2H3,(H,11,12);1H. The molecule has 2 aromatic rings. The lowest BCUT2D eigenvalue weighted by Crippen LogP contribution is -2.08. The Morgan fingerprint density at radius 3 is 2.85 bits per heavy atom. The third-order valence-corrected chi connectivity index (χ3v) is 2.67. The molecule has 70 valence electrons. The number of para-hydroxylation sites is 1. The van der Waals surface area contributed by atoms with Gasteiger partial charge in [-0.1, -0.05) is 23.5 Å². The highest BCUT2D eigenvalue weighted by Crippen LogP contribution is 2.25. The third kappa shape index (κ3) is 1.80. The summed E-state index contributed by atoms with van der Waals surface area (Å²) in [5, 5.41) is 4.31. The van der Waals surface area contributed by atoms with Gasteiger partial charge in [-0.3, -0.25) is 0 Å². The Labute approximate surface area is 83.1 Å². The molecule has 1 aromatic heterocycles. The number of aromatic nitrogens is 1. The fourth-order valence-electron chi connectivity index (χ4n) is 1.18. The lowest BCUT2D eigenvalue weighted by Gasteiger charge is -2.03. The van der Waals surface area contributed by atoms with Crippen LogP contribution in [0.2, 0.25) is 0 Å². The van der Waals surface area contributed by atoms with Crippen LogP contribution in [0.5, 0.6) is 0 Å². The van der Waals surface area contributed by atoms with Gasteiger partial charge in [0.25, 0.3) is 0 Å². The molecule has 0 unspecified atom stereocenters. The molecule has 2 nitrogen and oxygen atoms in total. The molecular formula is C10H14N2S. The zero-order chi connectivity index (χ0) is 9.26. The molecule has 0 saturated heterocycles. The highest BCUT2D eigenvalue weighted by atomic mass is 32.1. The van der Waals surface area contributed by atoms with Crippen LogP contribution in [-0.4, -0.2) is 11.0 Å². The van der Waals surface area contributed by atoms with Crippen LogP contribution < -0.4 is 5.32 Å². The summed E-state index contributed by atoms with van der Waals surface area (Å²) < 4.78 is 1.24. The number of nitrogens with zero attached hydrogens (tertiary/aromatic N) is 1. The van der Waals surface area contributed by atoms with E-state index in [9.17, 15) is 0 Å². The van der Waals surface area contributed by atoms with Crippen LogP contribution in [0.15, 0.2) is 24.3 Å². The second kappa shape index (κ2) is 3.34. The number of fused-ring (bicyclic) bond motifs is 1. The van der Waals surface area contributed by atoms with Crippen LogP contribution in [0.3, 0.4) is 0 Å². The smallest absolute Gasteiger partial charge is 0.183 e. The van der Waals surface area contributed by atoms with Crippen LogP contribution in [0.1, 0.15) is 15.3 Å². The quantitative estimate of drug-likeness (QED) is 0.793. The SMILES string of the molecule is CC(C)Nc1nc2ccccc2s1.[HH]. The van der Waals surface area contributed by atoms with Gasteiger partial charge in [-0.05, 0) is 26.0 Å². The number of nitrogens with one attached hydrogen (secondary N) is 1. The second-order valence-corrected chi connectivity index (χ2v) is 4.32. The zero-order valence-electron chi connectivity index (χ0n) is 7.74. The van der Waals surface area contributed by atoms with Gasteiger partial charge in [0.15, 0.2) is 5.13 Å². The van der Waals surface area contributed by atoms with E-state index in [0.29, 0.717) is 6.04 Å². The largest absolute Gasteiger partial charge is 0.359 e. The number of benzene rings is 1. The lowest BCUT2D eigenvalue weighted by molar-refractivity contribution is 0.897. The predicted octanol–water partition coefficient (Wildman–Crippen LogP) is 3.36. The van der Waals surface area contributed by atoms with Crippen LogP contribution >= 0.6 is 11.3 Å². The molecule has 0 aliphatic carbocycles. The van der Waals surface area contributed by atoms with E-state index in [-0.39, 0.29) is 1.43 Å². The van der Waals surface area contributed by atoms with E-state index < -0.39 is 0 Å². The van der Waals surface area contributed by atoms with Gasteiger partial charge in [0, 0.05) is 7.47 Å². The average molecular weight is 194 g/mol. The van der Waals surface area contributed by atoms with Crippen molar-refractivity contribution in [2.75, 3.05) is 5.32 Å². The first-order valence-corrected chi connectivity index (χ1v) is 5.19. The Balaban J connectivity index is 0.000000980. The highest BCUT2D eigenvalue weighted by molar-refractivity contribution is 7.22. The summed E-state index contributed by atoms with van der Waals surface area (Å²) in [5.41, 5.74) is 1.08. The first-order valence-electron chi connectivity index (χ1n) is 4.38. The van der Waals surface area contributed by atoms with Crippen molar-refractivity contribution < 1.29 is 1.43 Å². The van der Waals surface area contributed by atoms with Crippen molar-refractivity contribution in [3.63, 3.8) is 0 Å². The number of hydrogen-bond donors (Lipinski definition) is 1. The van der Waals surface area contributed by atoms with Crippen molar-refractivity contribution in [2.45, 2.75) is 19.9 Å². The average Bonchev–Trinajstić information content (AvgIpc) is 2.44. The van der Waals surface area contributed by atoms with Crippen LogP contribution in [-0.2, 0) is 0 Å². The monoisotopic (exact) mass is 194 g/mol. The Morgan fingerprint density at radius 1 is 1.38 bits per heavy atom. The van der Waals surface area contributed by atoms with Crippen LogP contribution in [0.25, 0.3) is 10.2 Å². The highest BCUT2D eigenvalue weighted by Gasteiger charge is 2.02. The molecule has 0 amide bonds. The van der Waals surface area contributed by atoms with Gasteiger partial charge >= 0.3 is 0 Å². The molecule has 1 aromatic carbocycles. The van der Waals surface area contributed by atoms with E-state index in [0.717, 1.165) is 10.6 Å². The molecule has 0 aliphatic rings. The summed E-state index contributed by atoms with van der Waals surface area (Å²) >= 11 is 1.70. The van der Waals surface area contributed by atoms with E-state index in [1.807, 2.05) is 18.2 Å². The Bertz CT molecular complexity index is 378. The van der Waals surface area contributed by atoms with Gasteiger partial charge in [0.1, 0.15) is 0 Å². The minimum Gasteiger partial charge on any atom is -0.359 e. The number of rotatable bonds is 2. The molecule has 2 rings (SSSR count). The van der Waals surface area contributed by atoms with Gasteiger partial charge < -0.3 is 5.32 Å². The van der Waals surface area contributed by atoms with Crippen molar-refractivity contribution in [1.82, 2.24) is 4.98 Å². The molecule has 0 spiro atoms. The lowest BCUT2D eigenvalue weighted by atomic mass is 10.3. The van der Waals surface area contributed by atoms with Gasteiger partial charge in [-0.15, -0.1) is 0 Å². The minimum absolute atomic E-state index is 0. The van der Waals surface area contributed by atoms with E-state index in [4.69, 9.17) is 0 Å². The fraction of sp³-hybridized carbons (Fsp3) is 0.300. The summed E-state index contributed by atoms with van der Waals surface area (Å²) in [7, 11) is 0. The number of thiazole rings is 1. The minimum atomic E-state index is 0. The first-order chi connectivity index (χ1) is 6.25. The van der Waals surface area contributed by atoms with E-state index in [2.05, 4.69) is 30.2 Å². The summed E-state index contributed by atoms with van der Waals surface area (Å²) in [6.07, 6.45) is 0. The molecule has 3 heteroatoms. The zero-order valence-corrected chi connectivity index (χ0v) is 8.56. The van der Waals surface area contributed by atoms with Crippen molar-refractivity contribution in [3.8, 4) is 0 Å². The molecule has 0 saturated carbocycles. The molecule has 1 N–H and O–H groups in total. The Kier molecular flexibility index (Phi) is 2.19. The van der Waals surface area contributed by atoms with Gasteiger partial charge in [0.2, 0.25) is 0 Å². The molecule has 0 aliphatic heterocycles. The van der Waals surface area contributed by atoms with Crippen molar-refractivity contribution in [3.05, 3.63) is 24.3 Å². The maximum Gasteiger partial charge on any atom is 0.183 e. The third-order valence-electron chi connectivity index (χ3n) is 1.71. The summed E-state index contributed by atoms with van der Waals surface area (Å²) in [6, 6.07) is 8.64. The van der Waals surface area contributed by atoms with Crippen molar-refractivity contribution in [2.24, 2.45) is 0 Å². The summed E-state index contributed by atoms with van der Waals surface area (Å²) in [5.74, 6) is 0. The first kappa shape index (κ1) is 8.51.